The Hall–Kier alpha value is -8.26. The number of benzene rings is 11. The van der Waals surface area contributed by atoms with Crippen LogP contribution in [0.1, 0.15) is 22.3 Å². The van der Waals surface area contributed by atoms with Gasteiger partial charge in [0.2, 0.25) is 0 Å². The zero-order valence-corrected chi connectivity index (χ0v) is 35.3. The maximum Gasteiger partial charge on any atom is 0.0714 e. The van der Waals surface area contributed by atoms with Gasteiger partial charge in [-0.3, -0.25) is 0 Å². The minimum atomic E-state index is -0.543. The van der Waals surface area contributed by atoms with Gasteiger partial charge in [0.25, 0.3) is 0 Å². The Morgan fingerprint density at radius 1 is 0.281 bits per heavy atom. The number of hydrogen-bond acceptors (Lipinski definition) is 1. The third-order valence-electron chi connectivity index (χ3n) is 13.3. The second-order valence-electron chi connectivity index (χ2n) is 16.8. The lowest BCUT2D eigenvalue weighted by molar-refractivity contribution is 0.768. The van der Waals surface area contributed by atoms with Crippen molar-refractivity contribution in [3.8, 4) is 44.5 Å². The highest BCUT2D eigenvalue weighted by atomic mass is 15.1. The smallest absolute Gasteiger partial charge is 0.0714 e. The van der Waals surface area contributed by atoms with Crippen LogP contribution in [0.3, 0.4) is 0 Å². The average molecular weight is 814 g/mol. The fraction of sp³-hybridized carbons (Fsp3) is 0.0159. The molecule has 0 aromatic heterocycles. The summed E-state index contributed by atoms with van der Waals surface area (Å²) in [6.07, 6.45) is 0. The van der Waals surface area contributed by atoms with Gasteiger partial charge < -0.3 is 4.90 Å². The first kappa shape index (κ1) is 37.5. The fourth-order valence-electron chi connectivity index (χ4n) is 10.6. The minimum Gasteiger partial charge on any atom is -0.309 e. The van der Waals surface area contributed by atoms with E-state index in [9.17, 15) is 0 Å². The van der Waals surface area contributed by atoms with Crippen LogP contribution in [0.15, 0.2) is 261 Å². The number of hydrogen-bond donors (Lipinski definition) is 0. The quantitative estimate of drug-likeness (QED) is 0.148. The van der Waals surface area contributed by atoms with E-state index in [2.05, 4.69) is 266 Å². The maximum atomic E-state index is 2.54. The lowest BCUT2D eigenvalue weighted by Crippen LogP contribution is -2.28. The van der Waals surface area contributed by atoms with E-state index >= 15 is 0 Å². The molecule has 0 aliphatic heterocycles. The van der Waals surface area contributed by atoms with Crippen molar-refractivity contribution in [1.29, 1.82) is 0 Å². The Bertz CT molecular complexity index is 3440. The molecule has 1 heteroatoms. The summed E-state index contributed by atoms with van der Waals surface area (Å²) in [4.78, 5) is 2.54. The van der Waals surface area contributed by atoms with Crippen LogP contribution in [-0.4, -0.2) is 0 Å². The van der Waals surface area contributed by atoms with Crippen LogP contribution in [-0.2, 0) is 5.41 Å². The highest BCUT2D eigenvalue weighted by Gasteiger charge is 2.47. The summed E-state index contributed by atoms with van der Waals surface area (Å²) in [5.41, 5.74) is 17.4. The van der Waals surface area contributed by atoms with E-state index in [1.54, 1.807) is 0 Å². The fourth-order valence-corrected chi connectivity index (χ4v) is 10.6. The van der Waals surface area contributed by atoms with Crippen LogP contribution < -0.4 is 4.90 Å². The first-order valence-electron chi connectivity index (χ1n) is 22.2. The molecule has 0 fully saturated rings. The lowest BCUT2D eigenvalue weighted by atomic mass is 9.68. The van der Waals surface area contributed by atoms with Crippen LogP contribution in [0.5, 0.6) is 0 Å². The van der Waals surface area contributed by atoms with Crippen LogP contribution in [0.4, 0.5) is 17.1 Å². The number of fused-ring (bicyclic) bond motifs is 5. The normalized spacial score (nSPS) is 12.5. The van der Waals surface area contributed by atoms with Crippen molar-refractivity contribution in [2.75, 3.05) is 4.90 Å². The molecule has 1 aliphatic carbocycles. The molecule has 0 saturated carbocycles. The van der Waals surface area contributed by atoms with Gasteiger partial charge in [-0.1, -0.05) is 231 Å². The Kier molecular flexibility index (Phi) is 9.13. The van der Waals surface area contributed by atoms with E-state index in [1.165, 1.54) is 88.3 Å². The van der Waals surface area contributed by atoms with Crippen molar-refractivity contribution in [1.82, 2.24) is 0 Å². The van der Waals surface area contributed by atoms with E-state index in [4.69, 9.17) is 0 Å². The first-order chi connectivity index (χ1) is 31.8. The third-order valence-corrected chi connectivity index (χ3v) is 13.3. The molecular weight excluding hydrogens is 771 g/mol. The van der Waals surface area contributed by atoms with Crippen LogP contribution >= 0.6 is 0 Å². The van der Waals surface area contributed by atoms with Gasteiger partial charge in [-0.05, 0) is 108 Å². The van der Waals surface area contributed by atoms with E-state index in [-0.39, 0.29) is 0 Å². The summed E-state index contributed by atoms with van der Waals surface area (Å²) in [5.74, 6) is 0. The highest BCUT2D eigenvalue weighted by Crippen LogP contribution is 2.60. The standard InChI is InChI=1S/C63H43N/c1-4-19-44(20-5-1)46-39-41-52(42-40-46)64(60-36-18-34-58-62(60)56-30-14-15-33-57(56)63(58,50-25-6-2-7-26-50)51-27-8-3-9-28-51)59-35-17-31-54(49-38-37-45-21-10-11-23-48(45)43-49)61(59)55-32-16-24-47-22-12-13-29-53(47)55/h1-43H. The molecule has 0 atom stereocenters. The van der Waals surface area contributed by atoms with E-state index < -0.39 is 5.41 Å². The molecule has 1 nitrogen and oxygen atoms in total. The zero-order valence-electron chi connectivity index (χ0n) is 35.3. The molecule has 11 aromatic rings. The molecule has 1 aliphatic rings. The minimum absolute atomic E-state index is 0.543. The predicted octanol–water partition coefficient (Wildman–Crippen LogP) is 16.8. The largest absolute Gasteiger partial charge is 0.309 e. The summed E-state index contributed by atoms with van der Waals surface area (Å²) in [7, 11) is 0. The molecule has 12 rings (SSSR count). The van der Waals surface area contributed by atoms with Gasteiger partial charge in [0.05, 0.1) is 16.8 Å². The van der Waals surface area contributed by atoms with Crippen molar-refractivity contribution in [2.24, 2.45) is 0 Å². The molecule has 0 amide bonds. The zero-order chi connectivity index (χ0) is 42.5. The summed E-state index contributed by atoms with van der Waals surface area (Å²) < 4.78 is 0. The van der Waals surface area contributed by atoms with Crippen molar-refractivity contribution in [3.63, 3.8) is 0 Å². The van der Waals surface area contributed by atoms with Crippen molar-refractivity contribution in [3.05, 3.63) is 283 Å². The van der Waals surface area contributed by atoms with Crippen LogP contribution in [0.25, 0.3) is 66.1 Å². The molecule has 64 heavy (non-hydrogen) atoms. The Labute approximate surface area is 374 Å². The van der Waals surface area contributed by atoms with Gasteiger partial charge in [-0.15, -0.1) is 0 Å². The monoisotopic (exact) mass is 813 g/mol. The van der Waals surface area contributed by atoms with E-state index in [1.807, 2.05) is 0 Å². The summed E-state index contributed by atoms with van der Waals surface area (Å²) in [6, 6.07) is 96.1. The van der Waals surface area contributed by atoms with Crippen molar-refractivity contribution >= 4 is 38.6 Å². The number of rotatable bonds is 8. The van der Waals surface area contributed by atoms with Gasteiger partial charge in [-0.25, -0.2) is 0 Å². The molecule has 11 aromatic carbocycles. The number of anilines is 3. The Morgan fingerprint density at radius 3 is 1.53 bits per heavy atom. The molecule has 0 radical (unpaired) electrons. The van der Waals surface area contributed by atoms with Crippen LogP contribution in [0, 0.1) is 0 Å². The molecular formula is C63H43N. The molecule has 0 heterocycles. The van der Waals surface area contributed by atoms with Crippen LogP contribution in [0.2, 0.25) is 0 Å². The molecule has 0 unspecified atom stereocenters. The molecule has 300 valence electrons. The topological polar surface area (TPSA) is 3.24 Å². The molecule has 0 N–H and O–H groups in total. The second-order valence-corrected chi connectivity index (χ2v) is 16.8. The van der Waals surface area contributed by atoms with Crippen molar-refractivity contribution in [2.45, 2.75) is 5.41 Å². The summed E-state index contributed by atoms with van der Waals surface area (Å²) >= 11 is 0. The highest BCUT2D eigenvalue weighted by molar-refractivity contribution is 6.08. The number of nitrogens with zero attached hydrogens (tertiary/aromatic N) is 1. The van der Waals surface area contributed by atoms with Gasteiger partial charge in [0, 0.05) is 16.8 Å². The summed E-state index contributed by atoms with van der Waals surface area (Å²) in [5, 5.41) is 4.88. The van der Waals surface area contributed by atoms with Gasteiger partial charge in [0.15, 0.2) is 0 Å². The van der Waals surface area contributed by atoms with Gasteiger partial charge >= 0.3 is 0 Å². The van der Waals surface area contributed by atoms with Crippen molar-refractivity contribution < 1.29 is 0 Å². The molecule has 0 saturated heterocycles. The SMILES string of the molecule is c1ccc(-c2ccc(N(c3cccc(-c4ccc5ccccc5c4)c3-c3cccc4ccccc34)c3cccc4c3-c3ccccc3C4(c3ccccc3)c3ccccc3)cc2)cc1. The van der Waals surface area contributed by atoms with E-state index in [0.717, 1.165) is 17.1 Å². The third kappa shape index (κ3) is 6.01. The summed E-state index contributed by atoms with van der Waals surface area (Å²) in [6.45, 7) is 0. The first-order valence-corrected chi connectivity index (χ1v) is 22.2. The Morgan fingerprint density at radius 2 is 0.781 bits per heavy atom. The van der Waals surface area contributed by atoms with Gasteiger partial charge in [-0.2, -0.15) is 0 Å². The van der Waals surface area contributed by atoms with Gasteiger partial charge in [0.1, 0.15) is 0 Å². The second kappa shape index (κ2) is 15.6. The lowest BCUT2D eigenvalue weighted by Gasteiger charge is -2.35. The Balaban J connectivity index is 1.19. The molecule has 0 bridgehead atoms. The average Bonchev–Trinajstić information content (AvgIpc) is 3.69. The maximum absolute atomic E-state index is 2.54. The van der Waals surface area contributed by atoms with E-state index in [0.29, 0.717) is 0 Å². The molecule has 0 spiro atoms. The predicted molar refractivity (Wildman–Crippen MR) is 270 cm³/mol.